The van der Waals surface area contributed by atoms with Gasteiger partial charge >= 0.3 is 0 Å². The second-order valence-electron chi connectivity index (χ2n) is 3.21. The number of aromatic nitrogens is 1. The van der Waals surface area contributed by atoms with Crippen LogP contribution < -0.4 is 4.74 Å². The summed E-state index contributed by atoms with van der Waals surface area (Å²) in [7, 11) is 0. The molecular formula is C13H12NO. The van der Waals surface area contributed by atoms with Crippen molar-refractivity contribution in [2.75, 3.05) is 0 Å². The first-order chi connectivity index (χ1) is 7.36. The van der Waals surface area contributed by atoms with E-state index >= 15 is 0 Å². The molecule has 0 N–H and O–H groups in total. The van der Waals surface area contributed by atoms with E-state index in [0.29, 0.717) is 0 Å². The van der Waals surface area contributed by atoms with E-state index in [4.69, 9.17) is 4.74 Å². The Bertz CT molecular complexity index is 399. The number of hydrogen-bond acceptors (Lipinski definition) is 2. The SMILES string of the molecule is [CH2]C(Oc1cccnc1)c1ccccc1. The van der Waals surface area contributed by atoms with E-state index in [1.54, 1.807) is 12.4 Å². The predicted molar refractivity (Wildman–Crippen MR) is 59.4 cm³/mol. The Morgan fingerprint density at radius 3 is 2.53 bits per heavy atom. The lowest BCUT2D eigenvalue weighted by atomic mass is 10.1. The average Bonchev–Trinajstić information content (AvgIpc) is 2.31. The van der Waals surface area contributed by atoms with Crippen molar-refractivity contribution in [3.05, 3.63) is 67.3 Å². The van der Waals surface area contributed by atoms with E-state index in [9.17, 15) is 0 Å². The Labute approximate surface area is 89.6 Å². The summed E-state index contributed by atoms with van der Waals surface area (Å²) < 4.78 is 5.63. The molecule has 1 atom stereocenters. The fourth-order valence-electron chi connectivity index (χ4n) is 1.32. The van der Waals surface area contributed by atoms with E-state index in [0.717, 1.165) is 11.3 Å². The molecule has 1 radical (unpaired) electrons. The van der Waals surface area contributed by atoms with Crippen LogP contribution in [0, 0.1) is 6.92 Å². The Kier molecular flexibility index (Phi) is 2.98. The molecule has 2 rings (SSSR count). The van der Waals surface area contributed by atoms with Crippen molar-refractivity contribution in [1.82, 2.24) is 4.98 Å². The number of nitrogens with zero attached hydrogens (tertiary/aromatic N) is 1. The third-order valence-corrected chi connectivity index (χ3v) is 2.08. The maximum absolute atomic E-state index is 5.63. The monoisotopic (exact) mass is 198 g/mol. The summed E-state index contributed by atoms with van der Waals surface area (Å²) in [5, 5.41) is 0. The minimum absolute atomic E-state index is 0.199. The van der Waals surface area contributed by atoms with Crippen molar-refractivity contribution in [3.63, 3.8) is 0 Å². The molecule has 1 aromatic heterocycles. The van der Waals surface area contributed by atoms with Crippen molar-refractivity contribution in [3.8, 4) is 5.75 Å². The maximum Gasteiger partial charge on any atom is 0.138 e. The predicted octanol–water partition coefficient (Wildman–Crippen LogP) is 3.04. The van der Waals surface area contributed by atoms with Gasteiger partial charge in [0.1, 0.15) is 11.9 Å². The largest absolute Gasteiger partial charge is 0.484 e. The molecule has 2 heteroatoms. The minimum Gasteiger partial charge on any atom is -0.484 e. The summed E-state index contributed by atoms with van der Waals surface area (Å²) in [4.78, 5) is 3.98. The molecule has 1 unspecified atom stereocenters. The molecule has 0 aliphatic heterocycles. The van der Waals surface area contributed by atoms with E-state index in [1.807, 2.05) is 42.5 Å². The molecule has 0 aliphatic rings. The highest BCUT2D eigenvalue weighted by Gasteiger charge is 2.05. The van der Waals surface area contributed by atoms with Crippen LogP contribution in [0.25, 0.3) is 0 Å². The quantitative estimate of drug-likeness (QED) is 0.756. The fraction of sp³-hybridized carbons (Fsp3) is 0.0769. The van der Waals surface area contributed by atoms with Gasteiger partial charge in [-0.05, 0) is 24.6 Å². The van der Waals surface area contributed by atoms with Crippen molar-refractivity contribution in [1.29, 1.82) is 0 Å². The molecule has 0 bridgehead atoms. The van der Waals surface area contributed by atoms with Crippen LogP contribution in [-0.2, 0) is 0 Å². The number of benzene rings is 1. The van der Waals surface area contributed by atoms with Gasteiger partial charge in [0, 0.05) is 6.20 Å². The molecule has 0 saturated heterocycles. The number of ether oxygens (including phenoxy) is 1. The van der Waals surface area contributed by atoms with Crippen molar-refractivity contribution >= 4 is 0 Å². The number of pyridine rings is 1. The molecule has 75 valence electrons. The lowest BCUT2D eigenvalue weighted by Gasteiger charge is -2.14. The topological polar surface area (TPSA) is 22.1 Å². The summed E-state index contributed by atoms with van der Waals surface area (Å²) in [5.74, 6) is 0.737. The zero-order chi connectivity index (χ0) is 10.5. The Morgan fingerprint density at radius 1 is 1.07 bits per heavy atom. The second-order valence-corrected chi connectivity index (χ2v) is 3.21. The van der Waals surface area contributed by atoms with E-state index in [-0.39, 0.29) is 6.10 Å². The van der Waals surface area contributed by atoms with Gasteiger partial charge in [-0.15, -0.1) is 0 Å². The highest BCUT2D eigenvalue weighted by molar-refractivity contribution is 5.22. The summed E-state index contributed by atoms with van der Waals surface area (Å²) in [6.45, 7) is 3.95. The number of rotatable bonds is 3. The van der Waals surface area contributed by atoms with Gasteiger partial charge in [0.15, 0.2) is 0 Å². The standard InChI is InChI=1S/C13H12NO/c1-11(12-6-3-2-4-7-12)15-13-8-5-9-14-10-13/h2-11H,1H2. The zero-order valence-electron chi connectivity index (χ0n) is 8.34. The van der Waals surface area contributed by atoms with Gasteiger partial charge in [0.25, 0.3) is 0 Å². The second kappa shape index (κ2) is 4.60. The van der Waals surface area contributed by atoms with Gasteiger partial charge in [-0.1, -0.05) is 30.3 Å². The van der Waals surface area contributed by atoms with Crippen molar-refractivity contribution < 1.29 is 4.74 Å². The fourth-order valence-corrected chi connectivity index (χ4v) is 1.32. The zero-order valence-corrected chi connectivity index (χ0v) is 8.34. The number of hydrogen-bond donors (Lipinski definition) is 0. The molecule has 15 heavy (non-hydrogen) atoms. The van der Waals surface area contributed by atoms with E-state index in [2.05, 4.69) is 11.9 Å². The molecule has 1 aromatic carbocycles. The normalized spacial score (nSPS) is 12.1. The molecule has 0 saturated carbocycles. The van der Waals surface area contributed by atoms with Crippen LogP contribution in [0.2, 0.25) is 0 Å². The molecular weight excluding hydrogens is 186 g/mol. The van der Waals surface area contributed by atoms with Crippen LogP contribution in [0.5, 0.6) is 5.75 Å². The summed E-state index contributed by atoms with van der Waals surface area (Å²) in [5.41, 5.74) is 1.06. The van der Waals surface area contributed by atoms with Crippen LogP contribution in [-0.4, -0.2) is 4.98 Å². The smallest absolute Gasteiger partial charge is 0.138 e. The first-order valence-corrected chi connectivity index (χ1v) is 4.81. The van der Waals surface area contributed by atoms with Crippen molar-refractivity contribution in [2.24, 2.45) is 0 Å². The lowest BCUT2D eigenvalue weighted by Crippen LogP contribution is -2.03. The molecule has 0 amide bonds. The first-order valence-electron chi connectivity index (χ1n) is 4.81. The van der Waals surface area contributed by atoms with Crippen LogP contribution in [0.3, 0.4) is 0 Å². The maximum atomic E-state index is 5.63. The third-order valence-electron chi connectivity index (χ3n) is 2.08. The third kappa shape index (κ3) is 2.56. The van der Waals surface area contributed by atoms with Gasteiger partial charge in [-0.2, -0.15) is 0 Å². The lowest BCUT2D eigenvalue weighted by molar-refractivity contribution is 0.252. The first kappa shape index (κ1) is 9.71. The van der Waals surface area contributed by atoms with Crippen LogP contribution in [0.1, 0.15) is 11.7 Å². The molecule has 0 aliphatic carbocycles. The minimum atomic E-state index is -0.199. The van der Waals surface area contributed by atoms with Crippen LogP contribution in [0.4, 0.5) is 0 Å². The average molecular weight is 198 g/mol. The highest BCUT2D eigenvalue weighted by atomic mass is 16.5. The van der Waals surface area contributed by atoms with Crippen LogP contribution >= 0.6 is 0 Å². The van der Waals surface area contributed by atoms with E-state index in [1.165, 1.54) is 0 Å². The molecule has 0 fully saturated rings. The molecule has 2 nitrogen and oxygen atoms in total. The Balaban J connectivity index is 2.08. The Hall–Kier alpha value is -1.83. The van der Waals surface area contributed by atoms with Gasteiger partial charge in [-0.3, -0.25) is 4.98 Å². The van der Waals surface area contributed by atoms with Crippen molar-refractivity contribution in [2.45, 2.75) is 6.10 Å². The summed E-state index contributed by atoms with van der Waals surface area (Å²) >= 11 is 0. The van der Waals surface area contributed by atoms with Gasteiger partial charge in [0.05, 0.1) is 6.20 Å². The van der Waals surface area contributed by atoms with Gasteiger partial charge < -0.3 is 4.74 Å². The highest BCUT2D eigenvalue weighted by Crippen LogP contribution is 2.19. The van der Waals surface area contributed by atoms with Crippen LogP contribution in [0.15, 0.2) is 54.9 Å². The molecule has 1 heterocycles. The summed E-state index contributed by atoms with van der Waals surface area (Å²) in [6.07, 6.45) is 3.20. The molecule has 2 aromatic rings. The van der Waals surface area contributed by atoms with E-state index < -0.39 is 0 Å². The van der Waals surface area contributed by atoms with Gasteiger partial charge in [0.2, 0.25) is 0 Å². The molecule has 0 spiro atoms. The summed E-state index contributed by atoms with van der Waals surface area (Å²) in [6, 6.07) is 13.6. The Morgan fingerprint density at radius 2 is 1.87 bits per heavy atom. The van der Waals surface area contributed by atoms with Gasteiger partial charge in [-0.25, -0.2) is 0 Å².